The molecular weight excluding hydrogens is 500 g/mol. The predicted octanol–water partition coefficient (Wildman–Crippen LogP) is 4.44. The fourth-order valence-corrected chi connectivity index (χ4v) is 5.83. The summed E-state index contributed by atoms with van der Waals surface area (Å²) in [5, 5.41) is 11.9. The molecule has 2 fully saturated rings. The Balaban J connectivity index is 1.62. The number of nitrogens with zero attached hydrogens (tertiary/aromatic N) is 2. The topological polar surface area (TPSA) is 97.8 Å². The Hall–Kier alpha value is -3.04. The fraction of sp³-hybridized carbons (Fsp3) is 0.600. The molecule has 9 heteroatoms. The van der Waals surface area contributed by atoms with Crippen molar-refractivity contribution in [2.24, 2.45) is 11.3 Å². The molecule has 9 nitrogen and oxygen atoms in total. The fourth-order valence-electron chi connectivity index (χ4n) is 5.83. The zero-order valence-corrected chi connectivity index (χ0v) is 23.4. The lowest BCUT2D eigenvalue weighted by atomic mass is 9.70. The number of allylic oxidation sites excluding steroid dienone is 3. The molecule has 2 heterocycles. The number of benzene rings is 1. The summed E-state index contributed by atoms with van der Waals surface area (Å²) in [4.78, 5) is 34.0. The number of methoxy groups -OCH3 is 1. The van der Waals surface area contributed by atoms with Gasteiger partial charge in [0.05, 0.1) is 38.8 Å². The Morgan fingerprint density at radius 3 is 2.72 bits per heavy atom. The first-order valence-electron chi connectivity index (χ1n) is 14.1. The van der Waals surface area contributed by atoms with E-state index in [9.17, 15) is 14.7 Å². The number of hydrogen-bond donors (Lipinski definition) is 1. The number of carbonyl (C=O) groups excluding carboxylic acids is 1. The highest BCUT2D eigenvalue weighted by Gasteiger charge is 2.46. The van der Waals surface area contributed by atoms with Crippen LogP contribution in [0.3, 0.4) is 0 Å². The molecule has 3 atom stereocenters. The first-order chi connectivity index (χ1) is 18.9. The Bertz CT molecular complexity index is 1070. The van der Waals surface area contributed by atoms with Crippen molar-refractivity contribution in [2.45, 2.75) is 58.4 Å². The van der Waals surface area contributed by atoms with Crippen LogP contribution in [-0.4, -0.2) is 79.6 Å². The molecule has 1 aliphatic carbocycles. The number of carboxylic acids is 1. The normalized spacial score (nSPS) is 24.7. The second-order valence-electron chi connectivity index (χ2n) is 10.6. The molecule has 1 aromatic rings. The van der Waals surface area contributed by atoms with Gasteiger partial charge < -0.3 is 19.3 Å². The third-order valence-corrected chi connectivity index (χ3v) is 7.87. The lowest BCUT2D eigenvalue weighted by molar-refractivity contribution is -0.188. The molecule has 0 saturated carbocycles. The number of aliphatic carboxylic acids is 1. The molecule has 1 N–H and O–H groups in total. The maximum Gasteiger partial charge on any atom is 0.308 e. The van der Waals surface area contributed by atoms with Crippen LogP contribution in [0, 0.1) is 11.3 Å². The maximum absolute atomic E-state index is 13.4. The van der Waals surface area contributed by atoms with Gasteiger partial charge in [0.1, 0.15) is 12.4 Å². The van der Waals surface area contributed by atoms with Crippen molar-refractivity contribution in [1.29, 1.82) is 0 Å². The Kier molecular flexibility index (Phi) is 9.91. The number of hydroxylamine groups is 2. The van der Waals surface area contributed by atoms with E-state index in [1.807, 2.05) is 43.0 Å². The average Bonchev–Trinajstić information content (AvgIpc) is 3.35. The van der Waals surface area contributed by atoms with E-state index in [0.717, 1.165) is 37.9 Å². The van der Waals surface area contributed by atoms with Crippen LogP contribution in [0.4, 0.5) is 0 Å². The molecule has 2 saturated heterocycles. The Morgan fingerprint density at radius 2 is 2.00 bits per heavy atom. The first kappa shape index (κ1) is 29.0. The number of rotatable bonds is 12. The Labute approximate surface area is 231 Å². The van der Waals surface area contributed by atoms with Crippen LogP contribution in [0.2, 0.25) is 0 Å². The molecule has 39 heavy (non-hydrogen) atoms. The van der Waals surface area contributed by atoms with Gasteiger partial charge in [0.15, 0.2) is 11.5 Å². The summed E-state index contributed by atoms with van der Waals surface area (Å²) in [5.41, 5.74) is 0.858. The van der Waals surface area contributed by atoms with Gasteiger partial charge in [-0.2, -0.15) is 0 Å². The van der Waals surface area contributed by atoms with Crippen LogP contribution < -0.4 is 9.47 Å². The van der Waals surface area contributed by atoms with E-state index in [1.165, 1.54) is 10.6 Å². The number of likely N-dealkylation sites (tertiary alicyclic amines) is 1. The molecular formula is C30H42N2O7. The molecule has 3 aliphatic rings. The van der Waals surface area contributed by atoms with Gasteiger partial charge in [0, 0.05) is 13.0 Å². The summed E-state index contributed by atoms with van der Waals surface area (Å²) in [6.07, 6.45) is 8.70. The van der Waals surface area contributed by atoms with E-state index in [-0.39, 0.29) is 24.5 Å². The van der Waals surface area contributed by atoms with E-state index in [4.69, 9.17) is 19.0 Å². The summed E-state index contributed by atoms with van der Waals surface area (Å²) in [6.45, 7) is 6.35. The molecule has 1 spiro atoms. The van der Waals surface area contributed by atoms with Gasteiger partial charge in [-0.05, 0) is 67.8 Å². The molecule has 0 bridgehead atoms. The highest BCUT2D eigenvalue weighted by Crippen LogP contribution is 2.47. The van der Waals surface area contributed by atoms with Crippen molar-refractivity contribution < 1.29 is 33.7 Å². The number of fused-ring (bicyclic) bond motifs is 1. The summed E-state index contributed by atoms with van der Waals surface area (Å²) < 4.78 is 17.4. The molecule has 2 unspecified atom stereocenters. The second kappa shape index (κ2) is 13.3. The molecule has 4 rings (SSSR count). The number of amides is 1. The lowest BCUT2D eigenvalue weighted by Crippen LogP contribution is -2.50. The largest absolute Gasteiger partial charge is 0.493 e. The monoisotopic (exact) mass is 542 g/mol. The van der Waals surface area contributed by atoms with Crippen LogP contribution in [0.5, 0.6) is 11.5 Å². The highest BCUT2D eigenvalue weighted by molar-refractivity contribution is 5.77. The first-order valence-corrected chi connectivity index (χ1v) is 14.1. The third kappa shape index (κ3) is 6.94. The minimum atomic E-state index is -0.883. The van der Waals surface area contributed by atoms with E-state index in [1.54, 1.807) is 7.11 Å². The van der Waals surface area contributed by atoms with Gasteiger partial charge in [0.2, 0.25) is 0 Å². The Morgan fingerprint density at radius 1 is 1.21 bits per heavy atom. The van der Waals surface area contributed by atoms with Gasteiger partial charge in [-0.15, -0.1) is 0 Å². The zero-order valence-electron chi connectivity index (χ0n) is 23.4. The van der Waals surface area contributed by atoms with E-state index >= 15 is 0 Å². The predicted molar refractivity (Wildman–Crippen MR) is 146 cm³/mol. The molecule has 0 radical (unpaired) electrons. The number of carbonyl (C=O) groups is 2. The van der Waals surface area contributed by atoms with Crippen molar-refractivity contribution in [2.75, 3.05) is 46.6 Å². The molecule has 0 aromatic heterocycles. The minimum absolute atomic E-state index is 0.0598. The van der Waals surface area contributed by atoms with E-state index in [2.05, 4.69) is 12.2 Å². The van der Waals surface area contributed by atoms with Crippen LogP contribution in [0.15, 0.2) is 47.7 Å². The molecule has 1 aromatic carbocycles. The summed E-state index contributed by atoms with van der Waals surface area (Å²) >= 11 is 0. The minimum Gasteiger partial charge on any atom is -0.493 e. The third-order valence-electron chi connectivity index (χ3n) is 7.87. The van der Waals surface area contributed by atoms with Gasteiger partial charge in [-0.3, -0.25) is 19.3 Å². The van der Waals surface area contributed by atoms with Gasteiger partial charge in [-0.1, -0.05) is 32.1 Å². The van der Waals surface area contributed by atoms with Gasteiger partial charge in [0.25, 0.3) is 5.91 Å². The highest BCUT2D eigenvalue weighted by atomic mass is 16.7. The number of ether oxygens (including phenoxy) is 3. The zero-order chi connectivity index (χ0) is 27.8. The standard InChI is InChI=1S/C30H42N2O7/c1-4-14-32(39-16-5-2)28(33)20-31-15-13-30(12-10-25-22(18-30)11-17-37-25)19-23(29(34)35)24(31)21-38-27-9-7-6-8-26(27)36-3/h6-10,18,23-24H,4-5,11-17,19-21H2,1-3H3,(H,34,35)/t23-,24?,30?/m1/s1. The van der Waals surface area contributed by atoms with Crippen LogP contribution >= 0.6 is 0 Å². The summed E-state index contributed by atoms with van der Waals surface area (Å²) in [5.74, 6) is 0.272. The van der Waals surface area contributed by atoms with Crippen LogP contribution in [0.25, 0.3) is 0 Å². The van der Waals surface area contributed by atoms with Crippen LogP contribution in [-0.2, 0) is 19.2 Å². The number of hydrogen-bond acceptors (Lipinski definition) is 7. The van der Waals surface area contributed by atoms with Gasteiger partial charge >= 0.3 is 5.97 Å². The SMILES string of the molecule is CCCON(CCC)C(=O)CN1CCC2(C=C3CCOC3=CC2)C[C@@H](C(=O)O)C1COc1ccccc1OC. The summed E-state index contributed by atoms with van der Waals surface area (Å²) in [6, 6.07) is 6.81. The van der Waals surface area contributed by atoms with Crippen LogP contribution in [0.1, 0.15) is 52.4 Å². The van der Waals surface area contributed by atoms with Crippen molar-refractivity contribution >= 4 is 11.9 Å². The molecule has 1 amide bonds. The maximum atomic E-state index is 13.4. The molecule has 2 aliphatic heterocycles. The lowest BCUT2D eigenvalue weighted by Gasteiger charge is -2.35. The summed E-state index contributed by atoms with van der Waals surface area (Å²) in [7, 11) is 1.58. The smallest absolute Gasteiger partial charge is 0.308 e. The van der Waals surface area contributed by atoms with E-state index in [0.29, 0.717) is 44.2 Å². The van der Waals surface area contributed by atoms with Crippen molar-refractivity contribution in [1.82, 2.24) is 9.96 Å². The van der Waals surface area contributed by atoms with E-state index < -0.39 is 17.9 Å². The quantitative estimate of drug-likeness (QED) is 0.387. The molecule has 214 valence electrons. The van der Waals surface area contributed by atoms with Crippen molar-refractivity contribution in [3.05, 3.63) is 47.7 Å². The average molecular weight is 543 g/mol. The number of para-hydroxylation sites is 2. The van der Waals surface area contributed by atoms with Crippen molar-refractivity contribution in [3.8, 4) is 11.5 Å². The van der Waals surface area contributed by atoms with Crippen molar-refractivity contribution in [3.63, 3.8) is 0 Å². The second-order valence-corrected chi connectivity index (χ2v) is 10.6. The number of carboxylic acid groups (broad SMARTS) is 1. The van der Waals surface area contributed by atoms with Gasteiger partial charge in [-0.25, -0.2) is 5.06 Å².